The number of nitrogens with zero attached hydrogens (tertiary/aromatic N) is 4. The maximum absolute atomic E-state index is 8.79. The molecule has 2 N–H and O–H groups in total. The molecule has 0 fully saturated rings. The van der Waals surface area contributed by atoms with Crippen molar-refractivity contribution in [3.8, 4) is 22.5 Å². The van der Waals surface area contributed by atoms with E-state index in [2.05, 4.69) is 39.9 Å². The van der Waals surface area contributed by atoms with Gasteiger partial charge in [0.1, 0.15) is 0 Å². The van der Waals surface area contributed by atoms with Gasteiger partial charge in [0.15, 0.2) is 10.5 Å². The van der Waals surface area contributed by atoms with Crippen molar-refractivity contribution in [2.45, 2.75) is 13.5 Å². The van der Waals surface area contributed by atoms with Crippen LogP contribution < -0.4 is 11.1 Å². The second kappa shape index (κ2) is 6.34. The number of aromatic nitrogens is 1. The normalized spacial score (nSPS) is 11.8. The minimum atomic E-state index is 0.607. The third kappa shape index (κ3) is 2.49. The third-order valence-corrected chi connectivity index (χ3v) is 4.65. The van der Waals surface area contributed by atoms with E-state index in [1.807, 2.05) is 48.5 Å². The molecule has 5 nitrogen and oxygen atoms in total. The number of diazo groups is 1. The molecule has 2 aromatic carbocycles. The summed E-state index contributed by atoms with van der Waals surface area (Å²) in [6, 6.07) is 22.1. The Hall–Kier alpha value is -3.65. The van der Waals surface area contributed by atoms with Crippen LogP contribution in [0.4, 0.5) is 5.69 Å². The topological polar surface area (TPSA) is 71.5 Å². The molecule has 1 aliphatic heterocycles. The van der Waals surface area contributed by atoms with Gasteiger partial charge in [-0.2, -0.15) is 0 Å². The second-order valence-electron chi connectivity index (χ2n) is 6.15. The van der Waals surface area contributed by atoms with Gasteiger partial charge in [-0.3, -0.25) is 0 Å². The van der Waals surface area contributed by atoms with Crippen molar-refractivity contribution in [2.24, 2.45) is 5.10 Å². The van der Waals surface area contributed by atoms with Crippen molar-refractivity contribution in [2.75, 3.05) is 5.73 Å². The molecule has 0 saturated heterocycles. The molecule has 1 aliphatic carbocycles. The summed E-state index contributed by atoms with van der Waals surface area (Å²) >= 11 is 0. The van der Waals surface area contributed by atoms with Crippen LogP contribution in [0.3, 0.4) is 0 Å². The van der Waals surface area contributed by atoms with Crippen molar-refractivity contribution in [3.63, 3.8) is 0 Å². The minimum Gasteiger partial charge on any atom is -0.399 e. The van der Waals surface area contributed by atoms with Crippen molar-refractivity contribution in [1.82, 2.24) is 4.57 Å². The fourth-order valence-electron chi connectivity index (χ4n) is 3.58. The van der Waals surface area contributed by atoms with Gasteiger partial charge in [0.05, 0.1) is 11.4 Å². The van der Waals surface area contributed by atoms with Gasteiger partial charge in [0.2, 0.25) is 0 Å². The van der Waals surface area contributed by atoms with Gasteiger partial charge in [-0.05, 0) is 48.2 Å². The molecular formula is C21H18N5+. The molecule has 0 atom stereocenters. The van der Waals surface area contributed by atoms with Gasteiger partial charge in [0, 0.05) is 23.2 Å². The van der Waals surface area contributed by atoms with Gasteiger partial charge in [-0.25, -0.2) is 0 Å². The average molecular weight is 340 g/mol. The van der Waals surface area contributed by atoms with Gasteiger partial charge in [0.25, 0.3) is 5.39 Å². The smallest absolute Gasteiger partial charge is 0.339 e. The van der Waals surface area contributed by atoms with E-state index >= 15 is 0 Å². The first kappa shape index (κ1) is 15.9. The summed E-state index contributed by atoms with van der Waals surface area (Å²) in [6.07, 6.45) is 0. The number of hydrogen-bond acceptors (Lipinski definition) is 3. The average Bonchev–Trinajstić information content (AvgIpc) is 2.67. The number of fused-ring (bicyclic) bond motifs is 3. The summed E-state index contributed by atoms with van der Waals surface area (Å²) in [5, 5.41) is 18.3. The zero-order valence-electron chi connectivity index (χ0n) is 14.4. The van der Waals surface area contributed by atoms with Gasteiger partial charge >= 0.3 is 5.08 Å². The maximum Gasteiger partial charge on any atom is 0.339 e. The third-order valence-electron chi connectivity index (χ3n) is 4.65. The standard InChI is InChI=1S/C21H18N5/c1-2-26-20-13-16(24-25-23)9-11-18(20)17-10-8-15(22)12-19(17)21(26)14-6-4-3-5-7-14/h3-13H,2,22H2,1H3/q+1. The summed E-state index contributed by atoms with van der Waals surface area (Å²) in [4.78, 5) is 0. The SMILES string of the molecule is CCn1c2cc(=N[N+]#N)ccc-2c2ccc(N)cc2c1-c1ccccc1. The highest BCUT2D eigenvalue weighted by Gasteiger charge is 2.18. The van der Waals surface area contributed by atoms with Crippen LogP contribution in [0.2, 0.25) is 0 Å². The second-order valence-corrected chi connectivity index (χ2v) is 6.15. The number of nitrogens with two attached hydrogens (primary N) is 1. The molecule has 126 valence electrons. The van der Waals surface area contributed by atoms with Crippen LogP contribution >= 0.6 is 0 Å². The van der Waals surface area contributed by atoms with Crippen molar-refractivity contribution >= 4 is 16.5 Å². The first-order valence-electron chi connectivity index (χ1n) is 8.52. The van der Waals surface area contributed by atoms with Crippen LogP contribution in [0.25, 0.3) is 38.4 Å². The van der Waals surface area contributed by atoms with E-state index in [9.17, 15) is 0 Å². The zero-order chi connectivity index (χ0) is 18.1. The molecule has 5 heteroatoms. The number of hydrogen-bond donors (Lipinski definition) is 1. The highest BCUT2D eigenvalue weighted by molar-refractivity contribution is 6.05. The molecule has 4 rings (SSSR count). The van der Waals surface area contributed by atoms with Crippen molar-refractivity contribution in [3.05, 3.63) is 77.2 Å². The van der Waals surface area contributed by atoms with Gasteiger partial charge in [-0.1, -0.05) is 36.4 Å². The molecule has 2 aliphatic rings. The molecule has 0 amide bonds. The largest absolute Gasteiger partial charge is 0.399 e. The predicted molar refractivity (Wildman–Crippen MR) is 105 cm³/mol. The number of rotatable bonds is 2. The Morgan fingerprint density at radius 2 is 1.81 bits per heavy atom. The zero-order valence-corrected chi connectivity index (χ0v) is 14.4. The number of nitrogen functional groups attached to an aromatic ring is 1. The molecule has 0 bridgehead atoms. The molecule has 1 heterocycles. The molecule has 0 radical (unpaired) electrons. The summed E-state index contributed by atoms with van der Waals surface area (Å²) < 4.78 is 2.25. The number of anilines is 1. The first-order chi connectivity index (χ1) is 12.7. The van der Waals surface area contributed by atoms with E-state index in [1.54, 1.807) is 0 Å². The highest BCUT2D eigenvalue weighted by Crippen LogP contribution is 2.38. The minimum absolute atomic E-state index is 0.607. The number of benzene rings is 3. The lowest BCUT2D eigenvalue weighted by Gasteiger charge is -2.23. The summed E-state index contributed by atoms with van der Waals surface area (Å²) in [7, 11) is 0. The number of pyridine rings is 1. The molecule has 26 heavy (non-hydrogen) atoms. The molecule has 0 unspecified atom stereocenters. The molecule has 0 spiro atoms. The lowest BCUT2D eigenvalue weighted by atomic mass is 9.95. The Bertz CT molecular complexity index is 1180. The van der Waals surface area contributed by atoms with E-state index in [4.69, 9.17) is 11.1 Å². The van der Waals surface area contributed by atoms with Crippen LogP contribution in [0.15, 0.2) is 71.8 Å². The predicted octanol–water partition coefficient (Wildman–Crippen LogP) is 4.68. The van der Waals surface area contributed by atoms with Crippen LogP contribution in [-0.4, -0.2) is 4.57 Å². The van der Waals surface area contributed by atoms with Crippen LogP contribution in [0.5, 0.6) is 0 Å². The Labute approximate surface area is 151 Å². The van der Waals surface area contributed by atoms with E-state index in [1.165, 1.54) is 0 Å². The first-order valence-corrected chi connectivity index (χ1v) is 8.52. The Balaban J connectivity index is 2.25. The van der Waals surface area contributed by atoms with Crippen molar-refractivity contribution in [1.29, 1.82) is 5.39 Å². The van der Waals surface area contributed by atoms with Crippen LogP contribution in [0.1, 0.15) is 6.92 Å². The Morgan fingerprint density at radius 3 is 2.54 bits per heavy atom. The van der Waals surface area contributed by atoms with Gasteiger partial charge in [-0.15, -0.1) is 0 Å². The lowest BCUT2D eigenvalue weighted by Crippen LogP contribution is -2.11. The fraction of sp³-hybridized carbons (Fsp3) is 0.0952. The van der Waals surface area contributed by atoms with Crippen molar-refractivity contribution < 1.29 is 0 Å². The van der Waals surface area contributed by atoms with Crippen LogP contribution in [0, 0.1) is 5.39 Å². The van der Waals surface area contributed by atoms with E-state index in [0.29, 0.717) is 5.36 Å². The highest BCUT2D eigenvalue weighted by atomic mass is 15.2. The van der Waals surface area contributed by atoms with Gasteiger partial charge < -0.3 is 10.3 Å². The maximum atomic E-state index is 8.79. The van der Waals surface area contributed by atoms with E-state index in [0.717, 1.165) is 45.5 Å². The van der Waals surface area contributed by atoms with Crippen LogP contribution in [-0.2, 0) is 6.54 Å². The molecular weight excluding hydrogens is 322 g/mol. The summed E-state index contributed by atoms with van der Waals surface area (Å²) in [5.41, 5.74) is 11.2. The monoisotopic (exact) mass is 340 g/mol. The fourth-order valence-corrected chi connectivity index (χ4v) is 3.58. The molecule has 0 saturated carbocycles. The summed E-state index contributed by atoms with van der Waals surface area (Å²) in [6.45, 7) is 2.90. The Kier molecular flexibility index (Phi) is 3.86. The summed E-state index contributed by atoms with van der Waals surface area (Å²) in [5.74, 6) is 0. The molecule has 2 aromatic rings. The van der Waals surface area contributed by atoms with E-state index in [-0.39, 0.29) is 0 Å². The quantitative estimate of drug-likeness (QED) is 0.249. The lowest BCUT2D eigenvalue weighted by molar-refractivity contribution is 0.776. The Morgan fingerprint density at radius 1 is 1.00 bits per heavy atom. The van der Waals surface area contributed by atoms with E-state index < -0.39 is 0 Å². The molecule has 0 aromatic heterocycles.